The molecule has 1 nitrogen and oxygen atoms in total. The average Bonchev–Trinajstić information content (AvgIpc) is 2.41. The zero-order valence-electron chi connectivity index (χ0n) is 12.4. The summed E-state index contributed by atoms with van der Waals surface area (Å²) in [4.78, 5) is 0. The maximum absolute atomic E-state index is 2.33. The van der Waals surface area contributed by atoms with Crippen LogP contribution in [0.3, 0.4) is 0 Å². The lowest BCUT2D eigenvalue weighted by Gasteiger charge is -2.06. The van der Waals surface area contributed by atoms with Gasteiger partial charge in [-0.25, -0.2) is 0 Å². The van der Waals surface area contributed by atoms with Gasteiger partial charge in [-0.15, -0.1) is 0 Å². The molecular weight excluding hydrogens is 242 g/mol. The van der Waals surface area contributed by atoms with Crippen LogP contribution in [0, 0.1) is 20.8 Å². The average molecular weight is 262 g/mol. The van der Waals surface area contributed by atoms with Crippen molar-refractivity contribution in [1.82, 2.24) is 0 Å². The molecule has 0 radical (unpaired) electrons. The predicted octanol–water partition coefficient (Wildman–Crippen LogP) is 4.10. The number of aryl methyl sites for hydroxylation is 3. The minimum Gasteiger partial charge on any atom is -0.194 e. The molecule has 20 heavy (non-hydrogen) atoms. The van der Waals surface area contributed by atoms with Gasteiger partial charge in [0.2, 0.25) is 5.52 Å². The Balaban J connectivity index is 2.09. The molecule has 100 valence electrons. The highest BCUT2D eigenvalue weighted by Gasteiger charge is 2.11. The first-order valence-corrected chi connectivity index (χ1v) is 7.08. The number of hydrogen-bond acceptors (Lipinski definition) is 0. The molecule has 3 aromatic rings. The van der Waals surface area contributed by atoms with Crippen LogP contribution in [0.15, 0.2) is 54.7 Å². The van der Waals surface area contributed by atoms with E-state index < -0.39 is 0 Å². The Morgan fingerprint density at radius 1 is 0.850 bits per heavy atom. The monoisotopic (exact) mass is 262 g/mol. The zero-order valence-corrected chi connectivity index (χ0v) is 12.4. The second-order valence-corrected chi connectivity index (χ2v) is 5.64. The quantitative estimate of drug-likeness (QED) is 0.612. The molecule has 0 aliphatic heterocycles. The van der Waals surface area contributed by atoms with Gasteiger partial charge in [0, 0.05) is 23.1 Å². The van der Waals surface area contributed by atoms with E-state index in [1.165, 1.54) is 33.2 Å². The molecule has 1 aromatic heterocycles. The molecule has 0 N–H and O–H groups in total. The first-order chi connectivity index (χ1) is 9.63. The van der Waals surface area contributed by atoms with Crippen molar-refractivity contribution in [2.24, 2.45) is 0 Å². The maximum atomic E-state index is 2.33. The van der Waals surface area contributed by atoms with E-state index in [0.29, 0.717) is 0 Å². The van der Waals surface area contributed by atoms with Crippen LogP contribution in [0.5, 0.6) is 0 Å². The number of rotatable bonds is 2. The minimum absolute atomic E-state index is 0.920. The molecule has 0 unspecified atom stereocenters. The first-order valence-electron chi connectivity index (χ1n) is 7.08. The van der Waals surface area contributed by atoms with Crippen LogP contribution in [0.25, 0.3) is 10.9 Å². The molecular formula is C19H20N+. The molecule has 0 spiro atoms. The van der Waals surface area contributed by atoms with E-state index in [9.17, 15) is 0 Å². The number of pyridine rings is 1. The van der Waals surface area contributed by atoms with E-state index in [2.05, 4.69) is 80.1 Å². The summed E-state index contributed by atoms with van der Waals surface area (Å²) in [5.74, 6) is 0. The first kappa shape index (κ1) is 12.9. The molecule has 1 heterocycles. The van der Waals surface area contributed by atoms with Crippen molar-refractivity contribution in [3.05, 3.63) is 77.0 Å². The minimum atomic E-state index is 0.920. The second-order valence-electron chi connectivity index (χ2n) is 5.64. The van der Waals surface area contributed by atoms with Gasteiger partial charge in [-0.05, 0) is 44.5 Å². The Hall–Kier alpha value is -2.15. The van der Waals surface area contributed by atoms with Gasteiger partial charge in [0.05, 0.1) is 0 Å². The molecule has 2 aromatic carbocycles. The largest absolute Gasteiger partial charge is 0.213 e. The number of aromatic nitrogens is 1. The molecule has 0 amide bonds. The summed E-state index contributed by atoms with van der Waals surface area (Å²) in [7, 11) is 0. The van der Waals surface area contributed by atoms with E-state index in [1.54, 1.807) is 0 Å². The summed E-state index contributed by atoms with van der Waals surface area (Å²) in [6.07, 6.45) is 2.19. The van der Waals surface area contributed by atoms with Crippen LogP contribution in [-0.4, -0.2) is 0 Å². The van der Waals surface area contributed by atoms with Crippen LogP contribution in [0.4, 0.5) is 0 Å². The van der Waals surface area contributed by atoms with Gasteiger partial charge >= 0.3 is 0 Å². The van der Waals surface area contributed by atoms with Crippen molar-refractivity contribution in [3.8, 4) is 0 Å². The number of hydrogen-bond donors (Lipinski definition) is 0. The molecule has 0 fully saturated rings. The summed E-state index contributed by atoms with van der Waals surface area (Å²) < 4.78 is 2.33. The van der Waals surface area contributed by atoms with E-state index in [0.717, 1.165) is 6.54 Å². The Labute approximate surface area is 120 Å². The van der Waals surface area contributed by atoms with E-state index >= 15 is 0 Å². The third kappa shape index (κ3) is 2.44. The SMILES string of the molecule is Cc1cc(C)cc(C[n+]2ccc(C)c3ccccc32)c1. The lowest BCUT2D eigenvalue weighted by Crippen LogP contribution is -2.34. The summed E-state index contributed by atoms with van der Waals surface area (Å²) in [5, 5.41) is 1.33. The van der Waals surface area contributed by atoms with Crippen molar-refractivity contribution < 1.29 is 4.57 Å². The van der Waals surface area contributed by atoms with Gasteiger partial charge in [0.15, 0.2) is 12.7 Å². The standard InChI is InChI=1S/C19H20N/c1-14-10-15(2)12-17(11-14)13-20-9-8-16(3)18-6-4-5-7-19(18)20/h4-12H,13H2,1-3H3/q+1. The molecule has 0 aliphatic rings. The lowest BCUT2D eigenvalue weighted by atomic mass is 10.1. The Bertz CT molecular complexity index is 752. The van der Waals surface area contributed by atoms with Crippen LogP contribution in [0.2, 0.25) is 0 Å². The maximum Gasteiger partial charge on any atom is 0.213 e. The fraction of sp³-hybridized carbons (Fsp3) is 0.211. The second kappa shape index (κ2) is 5.09. The zero-order chi connectivity index (χ0) is 14.1. The molecule has 0 bridgehead atoms. The lowest BCUT2D eigenvalue weighted by molar-refractivity contribution is -0.662. The number of benzene rings is 2. The molecule has 0 saturated carbocycles. The Morgan fingerprint density at radius 3 is 2.30 bits per heavy atom. The van der Waals surface area contributed by atoms with Gasteiger partial charge in [0.25, 0.3) is 0 Å². The Kier molecular flexibility index (Phi) is 3.27. The summed E-state index contributed by atoms with van der Waals surface area (Å²) in [6.45, 7) is 7.41. The van der Waals surface area contributed by atoms with Gasteiger partial charge in [-0.3, -0.25) is 0 Å². The summed E-state index contributed by atoms with van der Waals surface area (Å²) >= 11 is 0. The highest BCUT2D eigenvalue weighted by atomic mass is 14.9. The molecule has 0 atom stereocenters. The van der Waals surface area contributed by atoms with Gasteiger partial charge < -0.3 is 0 Å². The predicted molar refractivity (Wildman–Crippen MR) is 83.9 cm³/mol. The van der Waals surface area contributed by atoms with Crippen molar-refractivity contribution in [2.75, 3.05) is 0 Å². The van der Waals surface area contributed by atoms with Gasteiger partial charge in [-0.2, -0.15) is 4.57 Å². The number of nitrogens with zero attached hydrogens (tertiary/aromatic N) is 1. The fourth-order valence-electron chi connectivity index (χ4n) is 2.92. The van der Waals surface area contributed by atoms with Crippen molar-refractivity contribution in [2.45, 2.75) is 27.3 Å². The van der Waals surface area contributed by atoms with Crippen LogP contribution in [-0.2, 0) is 6.54 Å². The fourth-order valence-corrected chi connectivity index (χ4v) is 2.92. The molecule has 1 heteroatoms. The molecule has 3 rings (SSSR count). The third-order valence-electron chi connectivity index (χ3n) is 3.78. The van der Waals surface area contributed by atoms with E-state index in [4.69, 9.17) is 0 Å². The smallest absolute Gasteiger partial charge is 0.194 e. The Morgan fingerprint density at radius 2 is 1.55 bits per heavy atom. The topological polar surface area (TPSA) is 3.88 Å². The molecule has 0 aliphatic carbocycles. The van der Waals surface area contributed by atoms with Crippen LogP contribution < -0.4 is 4.57 Å². The summed E-state index contributed by atoms with van der Waals surface area (Å²) in [6, 6.07) is 17.6. The van der Waals surface area contributed by atoms with Crippen LogP contribution in [0.1, 0.15) is 22.3 Å². The van der Waals surface area contributed by atoms with Gasteiger partial charge in [0.1, 0.15) is 0 Å². The highest BCUT2D eigenvalue weighted by molar-refractivity contribution is 5.78. The van der Waals surface area contributed by atoms with Gasteiger partial charge in [-0.1, -0.05) is 29.3 Å². The van der Waals surface area contributed by atoms with E-state index in [1.807, 2.05) is 0 Å². The molecule has 0 saturated heterocycles. The normalized spacial score (nSPS) is 10.9. The van der Waals surface area contributed by atoms with Crippen LogP contribution >= 0.6 is 0 Å². The van der Waals surface area contributed by atoms with Crippen molar-refractivity contribution in [3.63, 3.8) is 0 Å². The number of para-hydroxylation sites is 1. The highest BCUT2D eigenvalue weighted by Crippen LogP contribution is 2.15. The summed E-state index contributed by atoms with van der Waals surface area (Å²) in [5.41, 5.74) is 6.65. The number of fused-ring (bicyclic) bond motifs is 1. The third-order valence-corrected chi connectivity index (χ3v) is 3.78. The van der Waals surface area contributed by atoms with Crippen molar-refractivity contribution >= 4 is 10.9 Å². The van der Waals surface area contributed by atoms with E-state index in [-0.39, 0.29) is 0 Å². The van der Waals surface area contributed by atoms with Crippen molar-refractivity contribution in [1.29, 1.82) is 0 Å².